The van der Waals surface area contributed by atoms with E-state index >= 15 is 0 Å². The topological polar surface area (TPSA) is 39.1 Å². The molecule has 1 atom stereocenters. The van der Waals surface area contributed by atoms with E-state index in [0.717, 1.165) is 38.5 Å². The molecule has 1 aliphatic heterocycles. The van der Waals surface area contributed by atoms with Crippen LogP contribution in [0.3, 0.4) is 0 Å². The fourth-order valence-corrected chi connectivity index (χ4v) is 2.72. The van der Waals surface area contributed by atoms with Gasteiger partial charge in [0.1, 0.15) is 11.9 Å². The number of hydrogen-bond donors (Lipinski definition) is 1. The molecule has 0 amide bonds. The molecule has 1 aromatic heterocycles. The highest BCUT2D eigenvalue weighted by atomic mass is 16.5. The van der Waals surface area contributed by atoms with E-state index in [0.29, 0.717) is 0 Å². The van der Waals surface area contributed by atoms with Crippen LogP contribution in [0.1, 0.15) is 30.0 Å². The molecule has 0 saturated heterocycles. The molecule has 4 nitrogen and oxygen atoms in total. The number of benzene rings is 1. The van der Waals surface area contributed by atoms with Crippen LogP contribution >= 0.6 is 0 Å². The Morgan fingerprint density at radius 1 is 1.40 bits per heavy atom. The van der Waals surface area contributed by atoms with Gasteiger partial charge in [-0.15, -0.1) is 0 Å². The number of imidazole rings is 1. The minimum absolute atomic E-state index is 0.134. The zero-order valence-electron chi connectivity index (χ0n) is 11.9. The molecule has 0 fully saturated rings. The van der Waals surface area contributed by atoms with Crippen LogP contribution in [0.25, 0.3) is 0 Å². The van der Waals surface area contributed by atoms with Gasteiger partial charge < -0.3 is 14.6 Å². The molecule has 20 heavy (non-hydrogen) atoms. The van der Waals surface area contributed by atoms with Gasteiger partial charge in [-0.05, 0) is 24.1 Å². The third-order valence-electron chi connectivity index (χ3n) is 3.79. The molecule has 0 saturated carbocycles. The van der Waals surface area contributed by atoms with Gasteiger partial charge in [0, 0.05) is 12.4 Å². The van der Waals surface area contributed by atoms with Crippen molar-refractivity contribution < 1.29 is 4.74 Å². The zero-order valence-corrected chi connectivity index (χ0v) is 11.9. The second-order valence-corrected chi connectivity index (χ2v) is 5.08. The Morgan fingerprint density at radius 2 is 2.30 bits per heavy atom. The van der Waals surface area contributed by atoms with Crippen LogP contribution in [-0.4, -0.2) is 22.7 Å². The first-order chi connectivity index (χ1) is 9.88. The molecule has 1 aromatic carbocycles. The predicted octanol–water partition coefficient (Wildman–Crippen LogP) is 2.31. The molecular formula is C16H21N3O. The monoisotopic (exact) mass is 271 g/mol. The Kier molecular flexibility index (Phi) is 4.14. The van der Waals surface area contributed by atoms with Gasteiger partial charge in [-0.1, -0.05) is 31.2 Å². The van der Waals surface area contributed by atoms with Crippen LogP contribution < -0.4 is 5.32 Å². The summed E-state index contributed by atoms with van der Waals surface area (Å²) in [5.74, 6) is 1.07. The smallest absolute Gasteiger partial charge is 0.122 e. The number of ether oxygens (including phenoxy) is 1. The van der Waals surface area contributed by atoms with E-state index in [1.807, 2.05) is 12.4 Å². The first-order valence-electron chi connectivity index (χ1n) is 7.28. The standard InChI is InChI=1S/C16H21N3O/c1-2-17-11-16-18-8-9-19(16)12-15-14-6-4-3-5-13(14)7-10-20-15/h3-6,8-9,15,17H,2,7,10-12H2,1H3. The van der Waals surface area contributed by atoms with Gasteiger partial charge in [-0.3, -0.25) is 0 Å². The van der Waals surface area contributed by atoms with E-state index < -0.39 is 0 Å². The molecule has 106 valence electrons. The molecular weight excluding hydrogens is 250 g/mol. The predicted molar refractivity (Wildman–Crippen MR) is 78.4 cm³/mol. The molecule has 0 spiro atoms. The van der Waals surface area contributed by atoms with Crippen LogP contribution in [0.2, 0.25) is 0 Å². The molecule has 3 rings (SSSR count). The van der Waals surface area contributed by atoms with Gasteiger partial charge in [0.25, 0.3) is 0 Å². The van der Waals surface area contributed by atoms with Gasteiger partial charge >= 0.3 is 0 Å². The summed E-state index contributed by atoms with van der Waals surface area (Å²) < 4.78 is 8.16. The Hall–Kier alpha value is -1.65. The molecule has 0 aliphatic carbocycles. The van der Waals surface area contributed by atoms with Crippen molar-refractivity contribution in [3.8, 4) is 0 Å². The maximum absolute atomic E-state index is 5.97. The Bertz CT molecular complexity index is 564. The summed E-state index contributed by atoms with van der Waals surface area (Å²) in [7, 11) is 0. The molecule has 1 unspecified atom stereocenters. The minimum atomic E-state index is 0.134. The molecule has 1 N–H and O–H groups in total. The van der Waals surface area contributed by atoms with E-state index in [1.165, 1.54) is 11.1 Å². The van der Waals surface area contributed by atoms with Crippen LogP contribution in [-0.2, 0) is 24.2 Å². The highest BCUT2D eigenvalue weighted by molar-refractivity contribution is 5.30. The normalized spacial score (nSPS) is 17.9. The largest absolute Gasteiger partial charge is 0.371 e. The Balaban J connectivity index is 1.77. The number of aromatic nitrogens is 2. The molecule has 2 heterocycles. The summed E-state index contributed by atoms with van der Waals surface area (Å²) in [5, 5.41) is 3.32. The number of fused-ring (bicyclic) bond motifs is 1. The van der Waals surface area contributed by atoms with Gasteiger partial charge in [0.2, 0.25) is 0 Å². The van der Waals surface area contributed by atoms with Crippen molar-refractivity contribution in [2.75, 3.05) is 13.2 Å². The van der Waals surface area contributed by atoms with E-state index in [2.05, 4.69) is 46.1 Å². The van der Waals surface area contributed by atoms with Crippen LogP contribution in [0.4, 0.5) is 0 Å². The van der Waals surface area contributed by atoms with Crippen LogP contribution in [0.5, 0.6) is 0 Å². The quantitative estimate of drug-likeness (QED) is 0.907. The van der Waals surface area contributed by atoms with Crippen molar-refractivity contribution in [2.45, 2.75) is 32.5 Å². The zero-order chi connectivity index (χ0) is 13.8. The molecule has 2 aromatic rings. The minimum Gasteiger partial charge on any atom is -0.371 e. The van der Waals surface area contributed by atoms with E-state index in [-0.39, 0.29) is 6.10 Å². The lowest BCUT2D eigenvalue weighted by Gasteiger charge is -2.26. The molecule has 0 radical (unpaired) electrons. The first-order valence-corrected chi connectivity index (χ1v) is 7.28. The van der Waals surface area contributed by atoms with Gasteiger partial charge in [-0.25, -0.2) is 4.98 Å². The average Bonchev–Trinajstić information content (AvgIpc) is 2.93. The van der Waals surface area contributed by atoms with Gasteiger partial charge in [0.15, 0.2) is 0 Å². The summed E-state index contributed by atoms with van der Waals surface area (Å²) in [6, 6.07) is 8.58. The second-order valence-electron chi connectivity index (χ2n) is 5.08. The van der Waals surface area contributed by atoms with Crippen molar-refractivity contribution in [2.24, 2.45) is 0 Å². The molecule has 0 bridgehead atoms. The summed E-state index contributed by atoms with van der Waals surface area (Å²) in [6.07, 6.45) is 5.05. The summed E-state index contributed by atoms with van der Waals surface area (Å²) >= 11 is 0. The van der Waals surface area contributed by atoms with Crippen LogP contribution in [0, 0.1) is 0 Å². The summed E-state index contributed by atoms with van der Waals surface area (Å²) in [4.78, 5) is 4.42. The molecule has 1 aliphatic rings. The number of nitrogens with zero attached hydrogens (tertiary/aromatic N) is 2. The van der Waals surface area contributed by atoms with E-state index in [4.69, 9.17) is 4.74 Å². The highest BCUT2D eigenvalue weighted by Crippen LogP contribution is 2.28. The van der Waals surface area contributed by atoms with Crippen molar-refractivity contribution in [1.29, 1.82) is 0 Å². The SMILES string of the molecule is CCNCc1nccn1CC1OCCc2ccccc21. The fraction of sp³-hybridized carbons (Fsp3) is 0.438. The van der Waals surface area contributed by atoms with E-state index in [1.54, 1.807) is 0 Å². The lowest BCUT2D eigenvalue weighted by molar-refractivity contribution is 0.0300. The first kappa shape index (κ1) is 13.3. The van der Waals surface area contributed by atoms with Gasteiger partial charge in [-0.2, -0.15) is 0 Å². The number of nitrogens with one attached hydrogen (secondary N) is 1. The Labute approximate surface area is 119 Å². The summed E-state index contributed by atoms with van der Waals surface area (Å²) in [6.45, 7) is 5.50. The van der Waals surface area contributed by atoms with Crippen molar-refractivity contribution in [3.63, 3.8) is 0 Å². The highest BCUT2D eigenvalue weighted by Gasteiger charge is 2.21. The van der Waals surface area contributed by atoms with Crippen molar-refractivity contribution in [3.05, 3.63) is 53.6 Å². The third-order valence-corrected chi connectivity index (χ3v) is 3.79. The summed E-state index contributed by atoms with van der Waals surface area (Å²) in [5.41, 5.74) is 2.74. The Morgan fingerprint density at radius 3 is 3.20 bits per heavy atom. The van der Waals surface area contributed by atoms with Crippen molar-refractivity contribution in [1.82, 2.24) is 14.9 Å². The maximum Gasteiger partial charge on any atom is 0.122 e. The van der Waals surface area contributed by atoms with Gasteiger partial charge in [0.05, 0.1) is 19.7 Å². The van der Waals surface area contributed by atoms with E-state index in [9.17, 15) is 0 Å². The number of hydrogen-bond acceptors (Lipinski definition) is 3. The average molecular weight is 271 g/mol. The second kappa shape index (κ2) is 6.20. The maximum atomic E-state index is 5.97. The van der Waals surface area contributed by atoms with Crippen molar-refractivity contribution >= 4 is 0 Å². The third kappa shape index (κ3) is 2.76. The lowest BCUT2D eigenvalue weighted by Crippen LogP contribution is -2.23. The lowest BCUT2D eigenvalue weighted by atomic mass is 9.97. The fourth-order valence-electron chi connectivity index (χ4n) is 2.72. The van der Waals surface area contributed by atoms with Crippen LogP contribution in [0.15, 0.2) is 36.7 Å². The molecule has 4 heteroatoms. The number of rotatable bonds is 5.